The van der Waals surface area contributed by atoms with Crippen LogP contribution in [0.3, 0.4) is 0 Å². The number of allylic oxidation sites excluding steroid dienone is 3. The van der Waals surface area contributed by atoms with Crippen molar-refractivity contribution in [2.24, 2.45) is 5.92 Å². The quantitative estimate of drug-likeness (QED) is 0.106. The topological polar surface area (TPSA) is 63.2 Å². The summed E-state index contributed by atoms with van der Waals surface area (Å²) in [4.78, 5) is 0. The molecule has 0 aliphatic heterocycles. The number of benzene rings is 1. The number of unbranched alkanes of at least 4 members (excludes halogenated alkanes) is 4. The maximum absolute atomic E-state index is 13.2. The van der Waals surface area contributed by atoms with Gasteiger partial charge in [-0.1, -0.05) is 51.7 Å². The predicted octanol–water partition coefficient (Wildman–Crippen LogP) is 9.15. The van der Waals surface area contributed by atoms with Crippen molar-refractivity contribution in [3.05, 3.63) is 47.2 Å². The minimum Gasteiger partial charge on any atom is -0.496 e. The molecule has 0 heterocycles. The zero-order valence-electron chi connectivity index (χ0n) is 24.0. The van der Waals surface area contributed by atoms with E-state index in [1.54, 1.807) is 28.1 Å². The van der Waals surface area contributed by atoms with E-state index in [4.69, 9.17) is 23.0 Å². The fourth-order valence-electron chi connectivity index (χ4n) is 5.08. The summed E-state index contributed by atoms with van der Waals surface area (Å²) in [5.41, 5.74) is 3.41. The maximum Gasteiger partial charge on any atom is 0.529 e. The van der Waals surface area contributed by atoms with E-state index in [2.05, 4.69) is 38.6 Å². The van der Waals surface area contributed by atoms with Crippen molar-refractivity contribution in [2.45, 2.75) is 97.8 Å². The lowest BCUT2D eigenvalue weighted by Crippen LogP contribution is -2.21. The molecular formula is C30H49O6P. The van der Waals surface area contributed by atoms with Gasteiger partial charge >= 0.3 is 7.82 Å². The number of aryl methyl sites for hydroxylation is 1. The molecule has 0 bridgehead atoms. The average molecular weight is 537 g/mol. The lowest BCUT2D eigenvalue weighted by atomic mass is 9.73. The lowest BCUT2D eigenvalue weighted by Gasteiger charge is -2.34. The predicted molar refractivity (Wildman–Crippen MR) is 152 cm³/mol. The zero-order chi connectivity index (χ0) is 27.3. The Morgan fingerprint density at radius 3 is 2.08 bits per heavy atom. The first-order chi connectivity index (χ1) is 17.9. The van der Waals surface area contributed by atoms with E-state index < -0.39 is 7.82 Å². The molecule has 37 heavy (non-hydrogen) atoms. The van der Waals surface area contributed by atoms with Gasteiger partial charge in [0.2, 0.25) is 0 Å². The molecule has 0 saturated heterocycles. The molecule has 0 amide bonds. The second kappa shape index (κ2) is 16.3. The molecule has 0 spiro atoms. The highest BCUT2D eigenvalue weighted by Gasteiger charge is 2.36. The van der Waals surface area contributed by atoms with Crippen LogP contribution in [0.15, 0.2) is 36.1 Å². The summed E-state index contributed by atoms with van der Waals surface area (Å²) >= 11 is 0. The second-order valence-electron chi connectivity index (χ2n) is 9.66. The molecule has 0 radical (unpaired) electrons. The smallest absolute Gasteiger partial charge is 0.496 e. The van der Waals surface area contributed by atoms with Crippen molar-refractivity contribution in [2.75, 3.05) is 27.4 Å². The standard InChI is InChI=1S/C30H49O6P/c1-8-12-14-16-23(5)26-19-18-25(36-37(31,34-10-3)35-11-4)22-27(26)30-28(32-6)20-24(17-15-13-9-2)21-29(30)33-7/h20-22,26-27H,5,8-19H2,1-4,6-7H3/t26-,27+/m0/s1. The molecule has 2 rings (SSSR count). The number of ether oxygens (including phenoxy) is 2. The molecule has 1 aliphatic rings. The van der Waals surface area contributed by atoms with Gasteiger partial charge in [0.25, 0.3) is 0 Å². The van der Waals surface area contributed by atoms with Crippen LogP contribution in [0.25, 0.3) is 0 Å². The minimum atomic E-state index is -3.69. The Bertz CT molecular complexity index is 890. The number of methoxy groups -OCH3 is 2. The van der Waals surface area contributed by atoms with E-state index in [1.165, 1.54) is 36.8 Å². The summed E-state index contributed by atoms with van der Waals surface area (Å²) < 4.78 is 41.8. The maximum atomic E-state index is 13.2. The molecule has 0 aromatic heterocycles. The summed E-state index contributed by atoms with van der Waals surface area (Å²) in [6.45, 7) is 13.0. The Labute approximate surface area is 225 Å². The molecule has 1 aliphatic carbocycles. The van der Waals surface area contributed by atoms with E-state index >= 15 is 0 Å². The summed E-state index contributed by atoms with van der Waals surface area (Å²) in [6, 6.07) is 4.28. The van der Waals surface area contributed by atoms with Gasteiger partial charge in [0.1, 0.15) is 17.3 Å². The molecule has 0 saturated carbocycles. The minimum absolute atomic E-state index is 0.0934. The van der Waals surface area contributed by atoms with Gasteiger partial charge in [-0.15, -0.1) is 0 Å². The molecule has 1 aromatic carbocycles. The van der Waals surface area contributed by atoms with Crippen molar-refractivity contribution in [1.82, 2.24) is 0 Å². The molecular weight excluding hydrogens is 487 g/mol. The molecule has 1 aromatic rings. The first-order valence-electron chi connectivity index (χ1n) is 14.1. The van der Waals surface area contributed by atoms with Gasteiger partial charge in [-0.3, -0.25) is 9.05 Å². The third kappa shape index (κ3) is 9.19. The Morgan fingerprint density at radius 1 is 0.946 bits per heavy atom. The SMILES string of the molecule is C=C(CCCCC)[C@@H]1CCC(OP(=O)(OCC)OCC)=C[C@H]1c1c(OC)cc(CCCCC)cc1OC. The van der Waals surface area contributed by atoms with E-state index in [0.29, 0.717) is 12.2 Å². The van der Waals surface area contributed by atoms with Crippen molar-refractivity contribution in [3.8, 4) is 11.5 Å². The third-order valence-corrected chi connectivity index (χ3v) is 8.54. The molecule has 6 nitrogen and oxygen atoms in total. The summed E-state index contributed by atoms with van der Waals surface area (Å²) in [6.07, 6.45) is 12.5. The number of rotatable bonds is 18. The van der Waals surface area contributed by atoms with Crippen LogP contribution in [0.5, 0.6) is 11.5 Å². The number of phosphoric acid groups is 1. The fraction of sp³-hybridized carbons (Fsp3) is 0.667. The van der Waals surface area contributed by atoms with Crippen molar-refractivity contribution < 1.29 is 27.6 Å². The fourth-order valence-corrected chi connectivity index (χ4v) is 6.33. The van der Waals surface area contributed by atoms with Crippen molar-refractivity contribution in [1.29, 1.82) is 0 Å². The highest BCUT2D eigenvalue weighted by molar-refractivity contribution is 7.48. The lowest BCUT2D eigenvalue weighted by molar-refractivity contribution is 0.140. The molecule has 7 heteroatoms. The Balaban J connectivity index is 2.53. The summed E-state index contributed by atoms with van der Waals surface area (Å²) in [5.74, 6) is 2.32. The first kappa shape index (κ1) is 31.5. The molecule has 0 unspecified atom stereocenters. The Hall–Kier alpha value is -1.75. The van der Waals surface area contributed by atoms with E-state index in [-0.39, 0.29) is 25.0 Å². The summed E-state index contributed by atoms with van der Waals surface area (Å²) in [7, 11) is -0.266. The van der Waals surface area contributed by atoms with Crippen LogP contribution < -0.4 is 9.47 Å². The van der Waals surface area contributed by atoms with Gasteiger partial charge in [0, 0.05) is 17.9 Å². The van der Waals surface area contributed by atoms with Crippen LogP contribution in [-0.2, 0) is 24.6 Å². The zero-order valence-corrected chi connectivity index (χ0v) is 24.9. The van der Waals surface area contributed by atoms with Gasteiger partial charge in [0.15, 0.2) is 0 Å². The van der Waals surface area contributed by atoms with Crippen LogP contribution in [0, 0.1) is 5.92 Å². The van der Waals surface area contributed by atoms with Gasteiger partial charge in [-0.2, -0.15) is 0 Å². The van der Waals surface area contributed by atoms with Gasteiger partial charge < -0.3 is 14.0 Å². The van der Waals surface area contributed by atoms with Gasteiger partial charge in [-0.25, -0.2) is 4.57 Å². The number of hydrogen-bond acceptors (Lipinski definition) is 6. The van der Waals surface area contributed by atoms with Crippen LogP contribution in [0.2, 0.25) is 0 Å². The van der Waals surface area contributed by atoms with Crippen molar-refractivity contribution in [3.63, 3.8) is 0 Å². The molecule has 0 fully saturated rings. The summed E-state index contributed by atoms with van der Waals surface area (Å²) in [5, 5.41) is 0. The molecule has 2 atom stereocenters. The monoisotopic (exact) mass is 536 g/mol. The Morgan fingerprint density at radius 2 is 1.54 bits per heavy atom. The highest BCUT2D eigenvalue weighted by Crippen LogP contribution is 2.55. The second-order valence-corrected chi connectivity index (χ2v) is 11.3. The molecule has 0 N–H and O–H groups in total. The van der Waals surface area contributed by atoms with E-state index in [9.17, 15) is 4.57 Å². The largest absolute Gasteiger partial charge is 0.529 e. The Kier molecular flexibility index (Phi) is 13.8. The van der Waals surface area contributed by atoms with E-state index in [1.807, 2.05) is 0 Å². The van der Waals surface area contributed by atoms with Crippen LogP contribution in [-0.4, -0.2) is 27.4 Å². The average Bonchev–Trinajstić information content (AvgIpc) is 2.88. The molecule has 210 valence electrons. The first-order valence-corrected chi connectivity index (χ1v) is 15.5. The van der Waals surface area contributed by atoms with Crippen LogP contribution >= 0.6 is 7.82 Å². The number of phosphoric ester groups is 1. The number of hydrogen-bond donors (Lipinski definition) is 0. The third-order valence-electron chi connectivity index (χ3n) is 6.94. The van der Waals surface area contributed by atoms with Crippen LogP contribution in [0.4, 0.5) is 0 Å². The van der Waals surface area contributed by atoms with Crippen LogP contribution in [0.1, 0.15) is 103 Å². The van der Waals surface area contributed by atoms with Gasteiger partial charge in [0.05, 0.1) is 27.4 Å². The highest BCUT2D eigenvalue weighted by atomic mass is 31.2. The van der Waals surface area contributed by atoms with Gasteiger partial charge in [-0.05, 0) is 75.6 Å². The van der Waals surface area contributed by atoms with Crippen molar-refractivity contribution >= 4 is 7.82 Å². The normalized spacial score (nSPS) is 17.8. The van der Waals surface area contributed by atoms with E-state index in [0.717, 1.165) is 49.2 Å².